The van der Waals surface area contributed by atoms with Crippen molar-refractivity contribution in [3.63, 3.8) is 0 Å². The molecular weight excluding hydrogens is 396 g/mol. The van der Waals surface area contributed by atoms with E-state index < -0.39 is 0 Å². The van der Waals surface area contributed by atoms with Gasteiger partial charge in [0.1, 0.15) is 0 Å². The summed E-state index contributed by atoms with van der Waals surface area (Å²) in [5.41, 5.74) is 4.56. The van der Waals surface area contributed by atoms with Crippen LogP contribution in [0.15, 0.2) is 77.6 Å². The first-order chi connectivity index (χ1) is 14.4. The molecule has 1 amide bonds. The second-order valence-electron chi connectivity index (χ2n) is 7.38. The molecule has 3 aromatic carbocycles. The summed E-state index contributed by atoms with van der Waals surface area (Å²) in [6.45, 7) is 4.19. The highest BCUT2D eigenvalue weighted by molar-refractivity contribution is 6.30. The summed E-state index contributed by atoms with van der Waals surface area (Å²) < 4.78 is 0. The first kappa shape index (κ1) is 19.9. The van der Waals surface area contributed by atoms with E-state index in [0.717, 1.165) is 27.7 Å². The molecule has 150 valence electrons. The quantitative estimate of drug-likeness (QED) is 0.467. The number of hydrogen-bond acceptors (Lipinski definition) is 2. The Kier molecular flexibility index (Phi) is 5.42. The van der Waals surface area contributed by atoms with E-state index in [4.69, 9.17) is 11.6 Å². The van der Waals surface area contributed by atoms with E-state index in [-0.39, 0.29) is 18.0 Å². The summed E-state index contributed by atoms with van der Waals surface area (Å²) in [7, 11) is 0. The molecule has 0 bridgehead atoms. The van der Waals surface area contributed by atoms with Gasteiger partial charge in [0.2, 0.25) is 0 Å². The molecule has 0 unspecified atom stereocenters. The molecule has 0 fully saturated rings. The van der Waals surface area contributed by atoms with Crippen molar-refractivity contribution in [1.29, 1.82) is 0 Å². The molecule has 1 heterocycles. The highest BCUT2D eigenvalue weighted by Gasteiger charge is 2.20. The number of hydrogen-bond donors (Lipinski definition) is 1. The maximum atomic E-state index is 13.4. The number of nitrogens with one attached hydrogen (secondary N) is 1. The minimum atomic E-state index is -0.202. The Hall–Kier alpha value is -3.37. The number of aromatic nitrogens is 1. The normalized spacial score (nSPS) is 10.9. The molecule has 1 aromatic heterocycles. The van der Waals surface area contributed by atoms with Gasteiger partial charge in [0.05, 0.1) is 6.54 Å². The summed E-state index contributed by atoms with van der Waals surface area (Å²) in [4.78, 5) is 30.7. The first-order valence-electron chi connectivity index (χ1n) is 9.68. The van der Waals surface area contributed by atoms with Crippen LogP contribution >= 0.6 is 11.6 Å². The molecule has 1 N–H and O–H groups in total. The molecule has 0 spiro atoms. The third kappa shape index (κ3) is 4.00. The predicted molar refractivity (Wildman–Crippen MR) is 122 cm³/mol. The number of amides is 1. The Balaban J connectivity index is 1.79. The highest BCUT2D eigenvalue weighted by Crippen LogP contribution is 2.24. The SMILES string of the molecule is Cc1ccc(N(Cc2cc3ccccc3[nH]c2=O)C(=O)c2ccc(Cl)cc2)cc1C. The highest BCUT2D eigenvalue weighted by atomic mass is 35.5. The molecular formula is C25H21ClN2O2. The van der Waals surface area contributed by atoms with Crippen LogP contribution in [0.5, 0.6) is 0 Å². The van der Waals surface area contributed by atoms with Gasteiger partial charge >= 0.3 is 0 Å². The average molecular weight is 417 g/mol. The fourth-order valence-electron chi connectivity index (χ4n) is 3.40. The number of aryl methyl sites for hydroxylation is 2. The van der Waals surface area contributed by atoms with Crippen LogP contribution in [0.4, 0.5) is 5.69 Å². The molecule has 5 heteroatoms. The van der Waals surface area contributed by atoms with Crippen molar-refractivity contribution in [2.24, 2.45) is 0 Å². The van der Waals surface area contributed by atoms with Gasteiger partial charge in [-0.2, -0.15) is 0 Å². The lowest BCUT2D eigenvalue weighted by Gasteiger charge is -2.24. The second kappa shape index (κ2) is 8.17. The first-order valence-corrected chi connectivity index (χ1v) is 10.1. The van der Waals surface area contributed by atoms with Crippen molar-refractivity contribution in [1.82, 2.24) is 4.98 Å². The van der Waals surface area contributed by atoms with Crippen LogP contribution in [0.3, 0.4) is 0 Å². The molecule has 4 nitrogen and oxygen atoms in total. The van der Waals surface area contributed by atoms with Gasteiger partial charge in [0, 0.05) is 27.4 Å². The summed E-state index contributed by atoms with van der Waals surface area (Å²) in [6, 6.07) is 22.1. The van der Waals surface area contributed by atoms with Gasteiger partial charge < -0.3 is 9.88 Å². The number of carbonyl (C=O) groups excluding carboxylic acids is 1. The maximum absolute atomic E-state index is 13.4. The zero-order valence-corrected chi connectivity index (χ0v) is 17.5. The van der Waals surface area contributed by atoms with Crippen LogP contribution in [-0.2, 0) is 6.54 Å². The van der Waals surface area contributed by atoms with Crippen LogP contribution in [0.1, 0.15) is 27.0 Å². The molecule has 4 aromatic rings. The average Bonchev–Trinajstić information content (AvgIpc) is 2.74. The van der Waals surface area contributed by atoms with Gasteiger partial charge in [0.15, 0.2) is 0 Å². The summed E-state index contributed by atoms with van der Waals surface area (Å²) in [6.07, 6.45) is 0. The standard InChI is InChI=1S/C25H21ClN2O2/c1-16-7-12-22(13-17(16)2)28(25(30)18-8-10-21(26)11-9-18)15-20-14-19-5-3-4-6-23(19)27-24(20)29/h3-14H,15H2,1-2H3,(H,27,29). The molecule has 0 atom stereocenters. The Bertz CT molecular complexity index is 1290. The third-order valence-electron chi connectivity index (χ3n) is 5.30. The van der Waals surface area contributed by atoms with Gasteiger partial charge in [-0.3, -0.25) is 9.59 Å². The van der Waals surface area contributed by atoms with E-state index in [9.17, 15) is 9.59 Å². The number of carbonyl (C=O) groups is 1. The Labute approximate surface area is 179 Å². The van der Waals surface area contributed by atoms with Crippen molar-refractivity contribution in [3.8, 4) is 0 Å². The zero-order chi connectivity index (χ0) is 21.3. The number of halogens is 1. The Morgan fingerprint density at radius 1 is 0.933 bits per heavy atom. The Morgan fingerprint density at radius 2 is 1.67 bits per heavy atom. The van der Waals surface area contributed by atoms with E-state index in [1.54, 1.807) is 29.2 Å². The number of aromatic amines is 1. The Morgan fingerprint density at radius 3 is 2.40 bits per heavy atom. The van der Waals surface area contributed by atoms with E-state index in [1.165, 1.54) is 0 Å². The molecule has 4 rings (SSSR count). The fraction of sp³-hybridized carbons (Fsp3) is 0.120. The lowest BCUT2D eigenvalue weighted by molar-refractivity contribution is 0.0985. The summed E-state index contributed by atoms with van der Waals surface area (Å²) in [5, 5.41) is 1.49. The zero-order valence-electron chi connectivity index (χ0n) is 16.8. The van der Waals surface area contributed by atoms with Crippen LogP contribution < -0.4 is 10.5 Å². The van der Waals surface area contributed by atoms with Crippen molar-refractivity contribution in [3.05, 3.63) is 110 Å². The topological polar surface area (TPSA) is 53.2 Å². The van der Waals surface area contributed by atoms with Gasteiger partial charge in [-0.15, -0.1) is 0 Å². The lowest BCUT2D eigenvalue weighted by Crippen LogP contribution is -2.33. The largest absolute Gasteiger partial charge is 0.322 e. The van der Waals surface area contributed by atoms with Crippen LogP contribution in [-0.4, -0.2) is 10.9 Å². The van der Waals surface area contributed by atoms with Gasteiger partial charge in [0.25, 0.3) is 11.5 Å². The minimum absolute atomic E-state index is 0.157. The van der Waals surface area contributed by atoms with E-state index in [2.05, 4.69) is 4.98 Å². The van der Waals surface area contributed by atoms with Crippen molar-refractivity contribution in [2.75, 3.05) is 4.90 Å². The smallest absolute Gasteiger partial charge is 0.258 e. The van der Waals surface area contributed by atoms with Crippen LogP contribution in [0.25, 0.3) is 10.9 Å². The fourth-order valence-corrected chi connectivity index (χ4v) is 3.53. The number of nitrogens with zero attached hydrogens (tertiary/aromatic N) is 1. The van der Waals surface area contributed by atoms with Crippen molar-refractivity contribution >= 4 is 34.1 Å². The maximum Gasteiger partial charge on any atom is 0.258 e. The molecule has 30 heavy (non-hydrogen) atoms. The molecule has 0 saturated carbocycles. The van der Waals surface area contributed by atoms with Crippen molar-refractivity contribution < 1.29 is 4.79 Å². The monoisotopic (exact) mass is 416 g/mol. The minimum Gasteiger partial charge on any atom is -0.322 e. The number of anilines is 1. The van der Waals surface area contributed by atoms with Gasteiger partial charge in [-0.25, -0.2) is 0 Å². The van der Waals surface area contributed by atoms with E-state index in [0.29, 0.717) is 16.1 Å². The summed E-state index contributed by atoms with van der Waals surface area (Å²) >= 11 is 5.99. The number of fused-ring (bicyclic) bond motifs is 1. The molecule has 0 aliphatic heterocycles. The van der Waals surface area contributed by atoms with E-state index >= 15 is 0 Å². The summed E-state index contributed by atoms with van der Waals surface area (Å²) in [5.74, 6) is -0.192. The predicted octanol–water partition coefficient (Wildman–Crippen LogP) is 5.65. The molecule has 0 saturated heterocycles. The molecule has 0 aliphatic rings. The molecule has 0 aliphatic carbocycles. The third-order valence-corrected chi connectivity index (χ3v) is 5.55. The van der Waals surface area contributed by atoms with Gasteiger partial charge in [-0.1, -0.05) is 35.9 Å². The van der Waals surface area contributed by atoms with Gasteiger partial charge in [-0.05, 0) is 78.9 Å². The number of rotatable bonds is 4. The van der Waals surface area contributed by atoms with Crippen LogP contribution in [0, 0.1) is 13.8 Å². The second-order valence-corrected chi connectivity index (χ2v) is 7.81. The number of para-hydroxylation sites is 1. The van der Waals surface area contributed by atoms with Crippen molar-refractivity contribution in [2.45, 2.75) is 20.4 Å². The van der Waals surface area contributed by atoms with E-state index in [1.807, 2.05) is 62.4 Å². The number of pyridine rings is 1. The number of H-pyrrole nitrogens is 1. The number of benzene rings is 3. The molecule has 0 radical (unpaired) electrons. The lowest BCUT2D eigenvalue weighted by atomic mass is 10.1. The van der Waals surface area contributed by atoms with Crippen LogP contribution in [0.2, 0.25) is 5.02 Å².